The Morgan fingerprint density at radius 3 is 2.56 bits per heavy atom. The van der Waals surface area contributed by atoms with Crippen molar-refractivity contribution in [2.45, 2.75) is 12.8 Å². The van der Waals surface area contributed by atoms with E-state index in [1.54, 1.807) is 19.0 Å². The van der Waals surface area contributed by atoms with E-state index in [2.05, 4.69) is 10.2 Å². The van der Waals surface area contributed by atoms with Gasteiger partial charge in [-0.2, -0.15) is 0 Å². The Hall–Kier alpha value is -1.30. The van der Waals surface area contributed by atoms with Gasteiger partial charge in [0.1, 0.15) is 12.4 Å². The number of hydrogen-bond acceptors (Lipinski definition) is 5. The van der Waals surface area contributed by atoms with Crippen LogP contribution in [0.3, 0.4) is 0 Å². The second kappa shape index (κ2) is 5.69. The van der Waals surface area contributed by atoms with Crippen molar-refractivity contribution in [2.75, 3.05) is 32.1 Å². The van der Waals surface area contributed by atoms with Gasteiger partial charge in [0, 0.05) is 20.6 Å². The molecular weight excluding hydrogens is 232 g/mol. The van der Waals surface area contributed by atoms with Crippen molar-refractivity contribution >= 4 is 23.5 Å². The minimum Gasteiger partial charge on any atom is -0.407 e. The summed E-state index contributed by atoms with van der Waals surface area (Å²) in [7, 11) is 3.41. The molecule has 0 radical (unpaired) electrons. The molecule has 6 nitrogen and oxygen atoms in total. The minimum absolute atomic E-state index is 0.0209. The number of carbonyl (C=O) groups is 1. The van der Waals surface area contributed by atoms with Crippen molar-refractivity contribution in [3.8, 4) is 0 Å². The van der Waals surface area contributed by atoms with Crippen LogP contribution in [0.25, 0.3) is 0 Å². The Labute approximate surface area is 99.2 Å². The third-order valence-corrected chi connectivity index (χ3v) is 2.28. The van der Waals surface area contributed by atoms with Crippen LogP contribution in [-0.2, 0) is 10.7 Å². The molecule has 1 aromatic heterocycles. The number of halogens is 1. The lowest BCUT2D eigenvalue weighted by Crippen LogP contribution is -2.36. The molecule has 90 valence electrons. The number of carbonyl (C=O) groups excluding carboxylic acids is 1. The molecule has 0 aliphatic heterocycles. The van der Waals surface area contributed by atoms with Crippen LogP contribution in [0.4, 0.5) is 6.01 Å². The fourth-order valence-electron chi connectivity index (χ4n) is 1.05. The number of amides is 1. The van der Waals surface area contributed by atoms with Crippen LogP contribution >= 0.6 is 11.6 Å². The highest BCUT2D eigenvalue weighted by molar-refractivity contribution is 6.16. The molecule has 0 spiro atoms. The van der Waals surface area contributed by atoms with Gasteiger partial charge in [-0.25, -0.2) is 0 Å². The lowest BCUT2D eigenvalue weighted by atomic mass is 10.4. The number of aromatic nitrogens is 2. The van der Waals surface area contributed by atoms with Crippen LogP contribution in [0.5, 0.6) is 0 Å². The number of nitrogens with zero attached hydrogens (tertiary/aromatic N) is 4. The van der Waals surface area contributed by atoms with E-state index >= 15 is 0 Å². The molecule has 1 amide bonds. The van der Waals surface area contributed by atoms with Gasteiger partial charge in [0.2, 0.25) is 11.8 Å². The summed E-state index contributed by atoms with van der Waals surface area (Å²) in [6.07, 6.45) is 0. The van der Waals surface area contributed by atoms with Gasteiger partial charge in [-0.05, 0) is 6.92 Å². The third-order valence-electron chi connectivity index (χ3n) is 2.05. The fraction of sp³-hybridized carbons (Fsp3) is 0.667. The molecule has 1 rings (SSSR count). The molecular formula is C9H15ClN4O2. The summed E-state index contributed by atoms with van der Waals surface area (Å²) < 4.78 is 5.27. The Kier molecular flexibility index (Phi) is 4.54. The monoisotopic (exact) mass is 246 g/mol. The van der Waals surface area contributed by atoms with E-state index in [4.69, 9.17) is 16.0 Å². The summed E-state index contributed by atoms with van der Waals surface area (Å²) >= 11 is 5.55. The molecule has 0 saturated carbocycles. The van der Waals surface area contributed by atoms with Gasteiger partial charge in [0.25, 0.3) is 0 Å². The fourth-order valence-corrected chi connectivity index (χ4v) is 1.15. The molecule has 0 aromatic carbocycles. The summed E-state index contributed by atoms with van der Waals surface area (Å²) in [6.45, 7) is 2.74. The molecule has 0 fully saturated rings. The Morgan fingerprint density at radius 1 is 1.44 bits per heavy atom. The first-order valence-electron chi connectivity index (χ1n) is 4.92. The molecule has 7 heteroatoms. The number of anilines is 1. The van der Waals surface area contributed by atoms with E-state index in [0.717, 1.165) is 0 Å². The number of alkyl halides is 1. The molecule has 0 aliphatic carbocycles. The normalized spacial score (nSPS) is 10.2. The molecule has 16 heavy (non-hydrogen) atoms. The highest BCUT2D eigenvalue weighted by atomic mass is 35.5. The third kappa shape index (κ3) is 3.10. The van der Waals surface area contributed by atoms with Crippen molar-refractivity contribution in [1.82, 2.24) is 15.1 Å². The topological polar surface area (TPSA) is 62.5 Å². The van der Waals surface area contributed by atoms with E-state index in [1.807, 2.05) is 6.92 Å². The molecule has 0 N–H and O–H groups in total. The maximum Gasteiger partial charge on any atom is 0.318 e. The maximum atomic E-state index is 11.5. The zero-order valence-corrected chi connectivity index (χ0v) is 10.4. The maximum absolute atomic E-state index is 11.5. The van der Waals surface area contributed by atoms with Crippen LogP contribution in [0, 0.1) is 0 Å². The predicted molar refractivity (Wildman–Crippen MR) is 60.4 cm³/mol. The number of likely N-dealkylation sites (N-methyl/N-ethyl adjacent to an activating group) is 2. The molecule has 0 unspecified atom stereocenters. The van der Waals surface area contributed by atoms with Crippen molar-refractivity contribution in [1.29, 1.82) is 0 Å². The lowest BCUT2D eigenvalue weighted by Gasteiger charge is -2.19. The highest BCUT2D eigenvalue weighted by Crippen LogP contribution is 2.13. The van der Waals surface area contributed by atoms with E-state index in [0.29, 0.717) is 18.5 Å². The van der Waals surface area contributed by atoms with Crippen LogP contribution in [0.15, 0.2) is 4.42 Å². The summed E-state index contributed by atoms with van der Waals surface area (Å²) in [5.74, 6) is 0.506. The molecule has 0 aliphatic rings. The number of rotatable bonds is 5. The van der Waals surface area contributed by atoms with Crippen molar-refractivity contribution in [3.05, 3.63) is 5.89 Å². The molecule has 0 bridgehead atoms. The minimum atomic E-state index is -0.0209. The van der Waals surface area contributed by atoms with Gasteiger partial charge < -0.3 is 14.2 Å². The SMILES string of the molecule is CCN(CC(=O)N(C)C)c1nnc(CCl)o1. The van der Waals surface area contributed by atoms with Crippen LogP contribution in [-0.4, -0.2) is 48.2 Å². The van der Waals surface area contributed by atoms with Gasteiger partial charge in [0.15, 0.2) is 0 Å². The molecule has 0 saturated heterocycles. The zero-order valence-electron chi connectivity index (χ0n) is 9.60. The molecule has 1 heterocycles. The zero-order chi connectivity index (χ0) is 12.1. The first-order valence-corrected chi connectivity index (χ1v) is 5.45. The smallest absolute Gasteiger partial charge is 0.318 e. The second-order valence-corrected chi connectivity index (χ2v) is 3.68. The van der Waals surface area contributed by atoms with Crippen molar-refractivity contribution in [2.24, 2.45) is 0 Å². The Morgan fingerprint density at radius 2 is 2.12 bits per heavy atom. The summed E-state index contributed by atoms with van der Waals surface area (Å²) in [6, 6.07) is 0.327. The van der Waals surface area contributed by atoms with Gasteiger partial charge in [-0.15, -0.1) is 16.7 Å². The summed E-state index contributed by atoms with van der Waals surface area (Å²) in [4.78, 5) is 14.7. The van der Waals surface area contributed by atoms with Crippen LogP contribution in [0.1, 0.15) is 12.8 Å². The standard InChI is InChI=1S/C9H15ClN4O2/c1-4-14(6-8(15)13(2)3)9-12-11-7(5-10)16-9/h4-6H2,1-3H3. The van der Waals surface area contributed by atoms with Gasteiger partial charge in [0.05, 0.1) is 0 Å². The first-order chi connectivity index (χ1) is 7.58. The average molecular weight is 247 g/mol. The van der Waals surface area contributed by atoms with E-state index in [1.165, 1.54) is 4.90 Å². The van der Waals surface area contributed by atoms with Crippen molar-refractivity contribution < 1.29 is 9.21 Å². The van der Waals surface area contributed by atoms with Crippen LogP contribution in [0.2, 0.25) is 0 Å². The second-order valence-electron chi connectivity index (χ2n) is 3.41. The lowest BCUT2D eigenvalue weighted by molar-refractivity contribution is -0.127. The molecule has 1 aromatic rings. The highest BCUT2D eigenvalue weighted by Gasteiger charge is 2.16. The molecule has 0 atom stereocenters. The average Bonchev–Trinajstić information content (AvgIpc) is 2.73. The summed E-state index contributed by atoms with van der Waals surface area (Å²) in [5, 5.41) is 7.57. The Balaban J connectivity index is 2.70. The van der Waals surface area contributed by atoms with E-state index in [-0.39, 0.29) is 18.3 Å². The predicted octanol–water partition coefficient (Wildman–Crippen LogP) is 0.723. The van der Waals surface area contributed by atoms with Gasteiger partial charge >= 0.3 is 6.01 Å². The summed E-state index contributed by atoms with van der Waals surface area (Å²) in [5.41, 5.74) is 0. The van der Waals surface area contributed by atoms with E-state index in [9.17, 15) is 4.79 Å². The quantitative estimate of drug-likeness (QED) is 0.717. The van der Waals surface area contributed by atoms with Gasteiger partial charge in [-0.3, -0.25) is 4.79 Å². The van der Waals surface area contributed by atoms with Crippen LogP contribution < -0.4 is 4.90 Å². The van der Waals surface area contributed by atoms with Gasteiger partial charge in [-0.1, -0.05) is 5.10 Å². The Bertz CT molecular complexity index is 353. The largest absolute Gasteiger partial charge is 0.407 e. The van der Waals surface area contributed by atoms with Crippen molar-refractivity contribution in [3.63, 3.8) is 0 Å². The first kappa shape index (κ1) is 12.8. The number of hydrogen-bond donors (Lipinski definition) is 0. The van der Waals surface area contributed by atoms with E-state index < -0.39 is 0 Å².